The minimum atomic E-state index is -1.44. The molecule has 0 N–H and O–H groups in total. The van der Waals surface area contributed by atoms with Crippen LogP contribution in [0.25, 0.3) is 22.3 Å². The number of benzene rings is 4. The summed E-state index contributed by atoms with van der Waals surface area (Å²) in [5.41, 5.74) is 1.92. The van der Waals surface area contributed by atoms with Crippen LogP contribution in [0.4, 0.5) is 0 Å². The number of rotatable bonds is 15. The summed E-state index contributed by atoms with van der Waals surface area (Å²) < 4.78 is 59.0. The van der Waals surface area contributed by atoms with Crippen LogP contribution in [0, 0.1) is 0 Å². The molecule has 0 radical (unpaired) electrons. The number of carbonyl (C=O) groups is 4. The van der Waals surface area contributed by atoms with Crippen LogP contribution in [0.15, 0.2) is 100 Å². The lowest BCUT2D eigenvalue weighted by Gasteiger charge is -2.44. The molecular formula is C45H44O15. The molecule has 15 nitrogen and oxygen atoms in total. The molecule has 60 heavy (non-hydrogen) atoms. The quantitative estimate of drug-likeness (QED) is 0.0831. The Morgan fingerprint density at radius 2 is 1.17 bits per heavy atom. The van der Waals surface area contributed by atoms with Gasteiger partial charge in [0.05, 0.1) is 14.2 Å². The van der Waals surface area contributed by atoms with Gasteiger partial charge in [-0.1, -0.05) is 60.7 Å². The van der Waals surface area contributed by atoms with Gasteiger partial charge in [-0.15, -0.1) is 0 Å². The number of hydrogen-bond donors (Lipinski definition) is 0. The summed E-state index contributed by atoms with van der Waals surface area (Å²) in [7, 11) is 2.95. The lowest BCUT2D eigenvalue weighted by molar-refractivity contribution is -0.254. The Kier molecular flexibility index (Phi) is 13.7. The monoisotopic (exact) mass is 824 g/mol. The van der Waals surface area contributed by atoms with Gasteiger partial charge in [0.15, 0.2) is 35.2 Å². The van der Waals surface area contributed by atoms with E-state index in [9.17, 15) is 24.0 Å². The van der Waals surface area contributed by atoms with Crippen LogP contribution in [-0.4, -0.2) is 69.1 Å². The van der Waals surface area contributed by atoms with E-state index in [1.807, 2.05) is 60.7 Å². The number of fused-ring (bicyclic) bond motifs is 1. The first kappa shape index (κ1) is 42.7. The minimum Gasteiger partial charge on any atom is -0.493 e. The van der Waals surface area contributed by atoms with Gasteiger partial charge >= 0.3 is 23.9 Å². The Bertz CT molecular complexity index is 2370. The Hall–Kier alpha value is -6.87. The van der Waals surface area contributed by atoms with E-state index < -0.39 is 66.4 Å². The Morgan fingerprint density at radius 3 is 1.72 bits per heavy atom. The number of hydrogen-bond acceptors (Lipinski definition) is 15. The molecule has 1 aromatic heterocycles. The number of ether oxygens (including phenoxy) is 9. The number of carbonyl (C=O) groups excluding carboxylic acids is 4. The molecule has 5 aromatic rings. The molecule has 1 aliphatic rings. The second kappa shape index (κ2) is 19.3. The van der Waals surface area contributed by atoms with Gasteiger partial charge in [-0.3, -0.25) is 24.0 Å². The largest absolute Gasteiger partial charge is 0.493 e. The molecule has 0 unspecified atom stereocenters. The molecule has 1 aliphatic heterocycles. The first-order valence-electron chi connectivity index (χ1n) is 18.9. The summed E-state index contributed by atoms with van der Waals surface area (Å²) in [4.78, 5) is 63.7. The summed E-state index contributed by atoms with van der Waals surface area (Å²) in [5, 5.41) is 0.0748. The van der Waals surface area contributed by atoms with Crippen molar-refractivity contribution in [2.24, 2.45) is 0 Å². The zero-order valence-corrected chi connectivity index (χ0v) is 33.8. The van der Waals surface area contributed by atoms with Gasteiger partial charge < -0.3 is 47.0 Å². The van der Waals surface area contributed by atoms with Gasteiger partial charge in [0.25, 0.3) is 0 Å². The first-order chi connectivity index (χ1) is 28.8. The highest BCUT2D eigenvalue weighted by Gasteiger charge is 2.52. The maximum Gasteiger partial charge on any atom is 0.303 e. The van der Waals surface area contributed by atoms with Crippen LogP contribution in [0.3, 0.4) is 0 Å². The molecule has 314 valence electrons. The molecule has 5 atom stereocenters. The number of esters is 4. The molecule has 6 rings (SSSR count). The van der Waals surface area contributed by atoms with Gasteiger partial charge in [-0.05, 0) is 41.0 Å². The zero-order valence-electron chi connectivity index (χ0n) is 33.8. The van der Waals surface area contributed by atoms with Crippen molar-refractivity contribution in [1.29, 1.82) is 0 Å². The van der Waals surface area contributed by atoms with E-state index in [-0.39, 0.29) is 41.3 Å². The SMILES string of the molecule is COc1cc(-c2cc(=O)c3c(OCc4ccccc4)cc([C@@H]4O[C@H](COC(C)=O)[C@@H](OC(C)=O)[C@H](OC(C)=O)[C@H]4OC(C)=O)cc3o2)cc(OC)c1OCc1ccccc1. The molecule has 1 fully saturated rings. The average molecular weight is 825 g/mol. The molecule has 1 saturated heterocycles. The Balaban J connectivity index is 1.51. The topological polar surface area (TPSA) is 182 Å². The molecule has 0 saturated carbocycles. The lowest BCUT2D eigenvalue weighted by Crippen LogP contribution is -2.59. The van der Waals surface area contributed by atoms with Crippen molar-refractivity contribution in [3.63, 3.8) is 0 Å². The van der Waals surface area contributed by atoms with Crippen molar-refractivity contribution in [3.05, 3.63) is 118 Å². The molecule has 2 heterocycles. The molecular weight excluding hydrogens is 780 g/mol. The molecule has 0 bridgehead atoms. The van der Waals surface area contributed by atoms with Crippen molar-refractivity contribution in [2.45, 2.75) is 71.4 Å². The standard InChI is InChI=1S/C45H44O15/c1-25(46)53-24-39-43(56-26(2)47)45(58-28(4)49)44(57-27(3)48)41(60-39)32-19-35(54-22-29-13-9-7-10-14-29)40-33(50)21-34(59-36(40)20-32)31-17-37(51-5)42(38(18-31)52-6)55-23-30-15-11-8-12-16-30/h7-21,39,41,43-45H,22-24H2,1-6H3/t39-,41+,43-,44+,45+/m1/s1. The van der Waals surface area contributed by atoms with Crippen LogP contribution in [0.2, 0.25) is 0 Å². The maximum absolute atomic E-state index is 14.2. The minimum absolute atomic E-state index is 0.0354. The number of methoxy groups -OCH3 is 2. The highest BCUT2D eigenvalue weighted by atomic mass is 16.7. The lowest BCUT2D eigenvalue weighted by atomic mass is 9.90. The van der Waals surface area contributed by atoms with E-state index in [4.69, 9.17) is 47.0 Å². The van der Waals surface area contributed by atoms with E-state index in [1.54, 1.807) is 12.1 Å². The third kappa shape index (κ3) is 10.2. The fraction of sp³-hybridized carbons (Fsp3) is 0.311. The van der Waals surface area contributed by atoms with Gasteiger partial charge in [0.1, 0.15) is 54.5 Å². The summed E-state index contributed by atoms with van der Waals surface area (Å²) >= 11 is 0. The van der Waals surface area contributed by atoms with Crippen LogP contribution in [0.1, 0.15) is 50.5 Å². The molecule has 0 spiro atoms. The van der Waals surface area contributed by atoms with Crippen molar-refractivity contribution >= 4 is 34.8 Å². The average Bonchev–Trinajstić information content (AvgIpc) is 3.22. The Labute approximate surface area is 344 Å². The predicted octanol–water partition coefficient (Wildman–Crippen LogP) is 6.43. The molecule has 0 amide bonds. The third-order valence-electron chi connectivity index (χ3n) is 9.34. The van der Waals surface area contributed by atoms with Crippen LogP contribution in [0.5, 0.6) is 23.0 Å². The maximum atomic E-state index is 14.2. The normalized spacial score (nSPS) is 18.5. The van der Waals surface area contributed by atoms with E-state index in [2.05, 4.69) is 0 Å². The smallest absolute Gasteiger partial charge is 0.303 e. The summed E-state index contributed by atoms with van der Waals surface area (Å²) in [6.45, 7) is 4.43. The second-order valence-corrected chi connectivity index (χ2v) is 13.7. The fourth-order valence-electron chi connectivity index (χ4n) is 6.82. The van der Waals surface area contributed by atoms with Crippen molar-refractivity contribution in [3.8, 4) is 34.3 Å². The van der Waals surface area contributed by atoms with Gasteiger partial charge in [0.2, 0.25) is 5.75 Å². The van der Waals surface area contributed by atoms with E-state index in [0.717, 1.165) is 31.9 Å². The zero-order chi connectivity index (χ0) is 42.9. The third-order valence-corrected chi connectivity index (χ3v) is 9.34. The molecule has 15 heteroatoms. The van der Waals surface area contributed by atoms with Crippen LogP contribution < -0.4 is 24.4 Å². The fourth-order valence-corrected chi connectivity index (χ4v) is 6.82. The Morgan fingerprint density at radius 1 is 0.617 bits per heavy atom. The van der Waals surface area contributed by atoms with E-state index >= 15 is 0 Å². The van der Waals surface area contributed by atoms with Gasteiger partial charge in [-0.25, -0.2) is 0 Å². The summed E-state index contributed by atoms with van der Waals surface area (Å²) in [5.74, 6) is -1.85. The highest BCUT2D eigenvalue weighted by molar-refractivity contribution is 5.86. The van der Waals surface area contributed by atoms with Crippen LogP contribution in [-0.2, 0) is 56.1 Å². The van der Waals surface area contributed by atoms with Gasteiger partial charge in [0, 0.05) is 39.3 Å². The molecule has 4 aromatic carbocycles. The molecule has 0 aliphatic carbocycles. The van der Waals surface area contributed by atoms with E-state index in [1.165, 1.54) is 39.3 Å². The summed E-state index contributed by atoms with van der Waals surface area (Å²) in [6.07, 6.45) is -6.79. The van der Waals surface area contributed by atoms with Crippen LogP contribution >= 0.6 is 0 Å². The van der Waals surface area contributed by atoms with Crippen molar-refractivity contribution < 1.29 is 66.2 Å². The van der Waals surface area contributed by atoms with E-state index in [0.29, 0.717) is 22.8 Å². The second-order valence-electron chi connectivity index (χ2n) is 13.7. The van der Waals surface area contributed by atoms with Crippen molar-refractivity contribution in [1.82, 2.24) is 0 Å². The first-order valence-corrected chi connectivity index (χ1v) is 18.9. The summed E-state index contributed by atoms with van der Waals surface area (Å²) in [6, 6.07) is 26.4. The predicted molar refractivity (Wildman–Crippen MR) is 213 cm³/mol. The van der Waals surface area contributed by atoms with Gasteiger partial charge in [-0.2, -0.15) is 0 Å². The highest BCUT2D eigenvalue weighted by Crippen LogP contribution is 2.44. The van der Waals surface area contributed by atoms with Crippen molar-refractivity contribution in [2.75, 3.05) is 20.8 Å².